The largest absolute Gasteiger partial charge is 0.383 e. The van der Waals surface area contributed by atoms with Crippen LogP contribution in [-0.2, 0) is 14.3 Å². The van der Waals surface area contributed by atoms with Crippen molar-refractivity contribution in [1.29, 1.82) is 0 Å². The fourth-order valence-electron chi connectivity index (χ4n) is 4.01. The lowest BCUT2D eigenvalue weighted by molar-refractivity contribution is -0.132. The number of rotatable bonds is 5. The summed E-state index contributed by atoms with van der Waals surface area (Å²) in [6, 6.07) is 0.220. The molecule has 2 amide bonds. The van der Waals surface area contributed by atoms with E-state index in [-0.39, 0.29) is 17.9 Å². The third-order valence-corrected chi connectivity index (χ3v) is 5.18. The first-order chi connectivity index (χ1) is 10.7. The number of ether oxygens (including phenoxy) is 1. The Balaban J connectivity index is 1.75. The molecule has 122 valence electrons. The number of amides is 2. The van der Waals surface area contributed by atoms with Gasteiger partial charge in [-0.2, -0.15) is 0 Å². The highest BCUT2D eigenvalue weighted by molar-refractivity contribution is 6.02. The molecule has 1 aliphatic carbocycles. The maximum Gasteiger partial charge on any atom is 0.250 e. The predicted octanol–water partition coefficient (Wildman–Crippen LogP) is 1.73. The number of fused-ring (bicyclic) bond motifs is 1. The number of hydrogen-bond acceptors (Lipinski definition) is 3. The first-order valence-electron chi connectivity index (χ1n) is 8.52. The van der Waals surface area contributed by atoms with Crippen LogP contribution < -0.4 is 0 Å². The smallest absolute Gasteiger partial charge is 0.250 e. The second-order valence-corrected chi connectivity index (χ2v) is 6.52. The molecule has 0 radical (unpaired) electrons. The predicted molar refractivity (Wildman–Crippen MR) is 83.3 cm³/mol. The second-order valence-electron chi connectivity index (χ2n) is 6.52. The Kier molecular flexibility index (Phi) is 4.81. The molecule has 0 spiro atoms. The van der Waals surface area contributed by atoms with Crippen LogP contribution in [0.4, 0.5) is 0 Å². The minimum atomic E-state index is 0.0755. The van der Waals surface area contributed by atoms with E-state index in [0.29, 0.717) is 19.6 Å². The number of likely N-dealkylation sites (tertiary alicyclic amines) is 1. The van der Waals surface area contributed by atoms with Crippen LogP contribution in [0.15, 0.2) is 11.1 Å². The number of methoxy groups -OCH3 is 1. The molecule has 0 N–H and O–H groups in total. The summed E-state index contributed by atoms with van der Waals surface area (Å²) in [6.07, 6.45) is 6.79. The van der Waals surface area contributed by atoms with Crippen molar-refractivity contribution in [2.45, 2.75) is 51.0 Å². The van der Waals surface area contributed by atoms with Gasteiger partial charge in [-0.25, -0.2) is 0 Å². The van der Waals surface area contributed by atoms with Crippen LogP contribution in [0.3, 0.4) is 0 Å². The molecule has 1 unspecified atom stereocenters. The third kappa shape index (κ3) is 2.91. The normalized spacial score (nSPS) is 25.1. The van der Waals surface area contributed by atoms with Gasteiger partial charge in [0.15, 0.2) is 0 Å². The molecular weight excluding hydrogens is 280 g/mol. The minimum Gasteiger partial charge on any atom is -0.383 e. The zero-order valence-electron chi connectivity index (χ0n) is 13.5. The van der Waals surface area contributed by atoms with Crippen molar-refractivity contribution in [2.24, 2.45) is 0 Å². The van der Waals surface area contributed by atoms with Crippen molar-refractivity contribution in [1.82, 2.24) is 9.80 Å². The van der Waals surface area contributed by atoms with Crippen LogP contribution in [0.25, 0.3) is 0 Å². The molecule has 22 heavy (non-hydrogen) atoms. The number of carbonyl (C=O) groups is 2. The number of nitrogens with zero attached hydrogens (tertiary/aromatic N) is 2. The summed E-state index contributed by atoms with van der Waals surface area (Å²) in [5.41, 5.74) is 2.03. The van der Waals surface area contributed by atoms with E-state index in [9.17, 15) is 9.59 Å². The summed E-state index contributed by atoms with van der Waals surface area (Å²) >= 11 is 0. The first kappa shape index (κ1) is 15.5. The Labute approximate surface area is 132 Å². The SMILES string of the molecule is COCCN1C(=O)C(CC(=O)N2CCCC2)=C2CCCCC21. The molecule has 0 aromatic carbocycles. The monoisotopic (exact) mass is 306 g/mol. The Bertz CT molecular complexity index is 480. The van der Waals surface area contributed by atoms with Crippen LogP contribution in [0, 0.1) is 0 Å². The molecule has 0 aromatic rings. The standard InChI is InChI=1S/C17H26N2O3/c1-22-11-10-19-15-7-3-2-6-13(15)14(17(19)21)12-16(20)18-8-4-5-9-18/h15H,2-12H2,1H3. The minimum absolute atomic E-state index is 0.0755. The highest BCUT2D eigenvalue weighted by Gasteiger charge is 2.40. The van der Waals surface area contributed by atoms with Gasteiger partial charge in [-0.1, -0.05) is 6.42 Å². The molecule has 0 aromatic heterocycles. The van der Waals surface area contributed by atoms with E-state index in [1.165, 1.54) is 5.57 Å². The molecule has 5 nitrogen and oxygen atoms in total. The van der Waals surface area contributed by atoms with Crippen LogP contribution in [0.5, 0.6) is 0 Å². The summed E-state index contributed by atoms with van der Waals surface area (Å²) in [4.78, 5) is 29.1. The lowest BCUT2D eigenvalue weighted by atomic mass is 9.88. The molecule has 2 aliphatic heterocycles. The van der Waals surface area contributed by atoms with E-state index < -0.39 is 0 Å². The Hall–Kier alpha value is -1.36. The molecule has 3 rings (SSSR count). The molecule has 0 bridgehead atoms. The molecule has 5 heteroatoms. The topological polar surface area (TPSA) is 49.9 Å². The van der Waals surface area contributed by atoms with Gasteiger partial charge < -0.3 is 14.5 Å². The maximum absolute atomic E-state index is 12.8. The van der Waals surface area contributed by atoms with E-state index in [0.717, 1.165) is 57.2 Å². The Morgan fingerprint density at radius 3 is 2.73 bits per heavy atom. The van der Waals surface area contributed by atoms with Gasteiger partial charge in [0.25, 0.3) is 5.91 Å². The van der Waals surface area contributed by atoms with E-state index in [1.54, 1.807) is 7.11 Å². The van der Waals surface area contributed by atoms with Crippen molar-refractivity contribution in [3.63, 3.8) is 0 Å². The van der Waals surface area contributed by atoms with Gasteiger partial charge in [0, 0.05) is 32.3 Å². The molecular formula is C17H26N2O3. The fraction of sp³-hybridized carbons (Fsp3) is 0.765. The van der Waals surface area contributed by atoms with Gasteiger partial charge in [0.05, 0.1) is 19.1 Å². The van der Waals surface area contributed by atoms with Crippen LogP contribution in [0.2, 0.25) is 0 Å². The van der Waals surface area contributed by atoms with Crippen LogP contribution >= 0.6 is 0 Å². The van der Waals surface area contributed by atoms with Crippen molar-refractivity contribution < 1.29 is 14.3 Å². The average Bonchev–Trinajstić information content (AvgIpc) is 3.14. The van der Waals surface area contributed by atoms with E-state index in [4.69, 9.17) is 4.74 Å². The zero-order chi connectivity index (χ0) is 15.5. The summed E-state index contributed by atoms with van der Waals surface area (Å²) in [6.45, 7) is 2.90. The number of hydrogen-bond donors (Lipinski definition) is 0. The van der Waals surface area contributed by atoms with Gasteiger partial charge >= 0.3 is 0 Å². The molecule has 2 heterocycles. The van der Waals surface area contributed by atoms with Gasteiger partial charge in [0.1, 0.15) is 0 Å². The Morgan fingerprint density at radius 1 is 1.23 bits per heavy atom. The lowest BCUT2D eigenvalue weighted by Gasteiger charge is -2.29. The summed E-state index contributed by atoms with van der Waals surface area (Å²) < 4.78 is 5.14. The first-order valence-corrected chi connectivity index (χ1v) is 8.52. The highest BCUT2D eigenvalue weighted by atomic mass is 16.5. The van der Waals surface area contributed by atoms with Crippen LogP contribution in [-0.4, -0.2) is 61.0 Å². The van der Waals surface area contributed by atoms with Gasteiger partial charge in [0.2, 0.25) is 5.91 Å². The summed E-state index contributed by atoms with van der Waals surface area (Å²) in [7, 11) is 1.66. The number of carbonyl (C=O) groups excluding carboxylic acids is 2. The molecule has 1 atom stereocenters. The van der Waals surface area contributed by atoms with E-state index in [2.05, 4.69) is 0 Å². The second kappa shape index (κ2) is 6.82. The molecule has 1 saturated heterocycles. The average molecular weight is 306 g/mol. The van der Waals surface area contributed by atoms with E-state index in [1.807, 2.05) is 9.80 Å². The fourth-order valence-corrected chi connectivity index (χ4v) is 4.01. The van der Waals surface area contributed by atoms with Crippen molar-refractivity contribution in [2.75, 3.05) is 33.4 Å². The molecule has 1 saturated carbocycles. The van der Waals surface area contributed by atoms with Crippen molar-refractivity contribution in [3.05, 3.63) is 11.1 Å². The zero-order valence-corrected chi connectivity index (χ0v) is 13.5. The van der Waals surface area contributed by atoms with Gasteiger partial charge in [-0.3, -0.25) is 9.59 Å². The quantitative estimate of drug-likeness (QED) is 0.777. The van der Waals surface area contributed by atoms with E-state index >= 15 is 0 Å². The van der Waals surface area contributed by atoms with Crippen molar-refractivity contribution >= 4 is 11.8 Å². The lowest BCUT2D eigenvalue weighted by Crippen LogP contribution is -2.39. The van der Waals surface area contributed by atoms with Crippen molar-refractivity contribution in [3.8, 4) is 0 Å². The summed E-state index contributed by atoms with van der Waals surface area (Å²) in [5, 5.41) is 0. The maximum atomic E-state index is 12.8. The summed E-state index contributed by atoms with van der Waals surface area (Å²) in [5.74, 6) is 0.206. The molecule has 3 aliphatic rings. The van der Waals surface area contributed by atoms with Gasteiger partial charge in [-0.05, 0) is 37.7 Å². The highest BCUT2D eigenvalue weighted by Crippen LogP contribution is 2.38. The Morgan fingerprint density at radius 2 is 2.00 bits per heavy atom. The van der Waals surface area contributed by atoms with Crippen LogP contribution in [0.1, 0.15) is 44.9 Å². The van der Waals surface area contributed by atoms with Gasteiger partial charge in [-0.15, -0.1) is 0 Å². The third-order valence-electron chi connectivity index (χ3n) is 5.18. The molecule has 2 fully saturated rings.